The number of likely N-dealkylation sites (N-methyl/N-ethyl adjacent to an activating group) is 1. The third-order valence-electron chi connectivity index (χ3n) is 9.86. The van der Waals surface area contributed by atoms with Crippen molar-refractivity contribution in [3.63, 3.8) is 0 Å². The number of ether oxygens (including phenoxy) is 6. The molecule has 0 saturated carbocycles. The van der Waals surface area contributed by atoms with E-state index in [-0.39, 0.29) is 121 Å². The highest BCUT2D eigenvalue weighted by Crippen LogP contribution is 2.38. The molecule has 0 saturated heterocycles. The number of aryl methyl sites for hydroxylation is 1. The molecule has 0 spiro atoms. The van der Waals surface area contributed by atoms with E-state index in [0.29, 0.717) is 23.1 Å². The third kappa shape index (κ3) is 19.0. The number of sulfonamides is 2. The summed E-state index contributed by atoms with van der Waals surface area (Å²) in [4.78, 5) is 26.8. The van der Waals surface area contributed by atoms with Crippen molar-refractivity contribution < 1.29 is 65.1 Å². The molecule has 6 N–H and O–H groups in total. The van der Waals surface area contributed by atoms with Crippen molar-refractivity contribution in [2.24, 2.45) is 0 Å². The molecule has 1 aliphatic heterocycles. The van der Waals surface area contributed by atoms with Crippen LogP contribution in [0.1, 0.15) is 28.2 Å². The minimum Gasteiger partial charge on any atom is -0.380 e. The lowest BCUT2D eigenvalue weighted by atomic mass is 9.85. The minimum atomic E-state index is -3.81. The van der Waals surface area contributed by atoms with Gasteiger partial charge >= 0.3 is 0 Å². The van der Waals surface area contributed by atoms with Gasteiger partial charge in [0.05, 0.1) is 89.1 Å². The van der Waals surface area contributed by atoms with E-state index < -0.39 is 44.1 Å². The number of amides is 2. The molecule has 0 unspecified atom stereocenters. The second kappa shape index (κ2) is 28.8. The molecule has 0 radical (unpaired) electrons. The van der Waals surface area contributed by atoms with Crippen LogP contribution in [-0.4, -0.2) is 175 Å². The van der Waals surface area contributed by atoms with Crippen LogP contribution in [0.3, 0.4) is 0 Å². The van der Waals surface area contributed by atoms with Crippen LogP contribution in [-0.2, 0) is 64.6 Å². The first-order valence-corrected chi connectivity index (χ1v) is 25.0. The maximum atomic E-state index is 13.1. The Hall–Kier alpha value is -3.36. The molecule has 0 aromatic heterocycles. The number of aliphatic hydroxyl groups excluding tert-OH is 2. The van der Waals surface area contributed by atoms with Crippen LogP contribution in [0.15, 0.2) is 70.5 Å². The second-order valence-corrected chi connectivity index (χ2v) is 19.4. The van der Waals surface area contributed by atoms with E-state index >= 15 is 0 Å². The van der Waals surface area contributed by atoms with Gasteiger partial charge in [0, 0.05) is 55.2 Å². The van der Waals surface area contributed by atoms with E-state index in [0.717, 1.165) is 22.3 Å². The van der Waals surface area contributed by atoms with Gasteiger partial charge in [-0.15, -0.1) is 0 Å². The largest absolute Gasteiger partial charge is 0.380 e. The number of nitrogens with zero attached hydrogens (tertiary/aromatic N) is 1. The van der Waals surface area contributed by atoms with E-state index in [1.54, 1.807) is 36.4 Å². The summed E-state index contributed by atoms with van der Waals surface area (Å²) >= 11 is 12.8. The van der Waals surface area contributed by atoms with E-state index in [4.69, 9.17) is 51.6 Å². The molecule has 4 rings (SSSR count). The van der Waals surface area contributed by atoms with Crippen molar-refractivity contribution >= 4 is 55.1 Å². The molecule has 368 valence electrons. The van der Waals surface area contributed by atoms with Crippen molar-refractivity contribution in [3.05, 3.63) is 93.0 Å². The molecule has 1 heterocycles. The molecule has 3 aromatic rings. The molecule has 0 fully saturated rings. The molecular weight excluding hydrogens is 946 g/mol. The van der Waals surface area contributed by atoms with Gasteiger partial charge in [-0.05, 0) is 72.6 Å². The summed E-state index contributed by atoms with van der Waals surface area (Å²) < 4.78 is 88.2. The van der Waals surface area contributed by atoms with Gasteiger partial charge < -0.3 is 54.2 Å². The highest BCUT2D eigenvalue weighted by molar-refractivity contribution is 7.89. The first-order chi connectivity index (χ1) is 31.6. The summed E-state index contributed by atoms with van der Waals surface area (Å²) in [5, 5.41) is 26.0. The van der Waals surface area contributed by atoms with Crippen LogP contribution in [0.4, 0.5) is 0 Å². The van der Waals surface area contributed by atoms with Gasteiger partial charge in [-0.25, -0.2) is 26.3 Å². The zero-order valence-electron chi connectivity index (χ0n) is 37.0. The molecule has 19 nitrogen and oxygen atoms in total. The SMILES string of the molecule is Cc1cccc(S(=O)(=O)NCCOCCOCCOCCNC(=O)[C@@H](O)[C@H](O)C(=O)NCCOCCOCCOCCNS(=O)(=O)c2cccc([C@@H]3CN(C)Cc4c(Cl)cc(Cl)cc43)c2)c1. The molecule has 0 bridgehead atoms. The first kappa shape index (κ1) is 55.2. The zero-order valence-corrected chi connectivity index (χ0v) is 40.2. The average molecular weight is 1010 g/mol. The summed E-state index contributed by atoms with van der Waals surface area (Å²) in [6, 6.07) is 17.0. The number of halogens is 2. The van der Waals surface area contributed by atoms with E-state index in [1.807, 2.05) is 32.2 Å². The van der Waals surface area contributed by atoms with Crippen molar-refractivity contribution in [3.8, 4) is 0 Å². The summed E-state index contributed by atoms with van der Waals surface area (Å²) in [5.41, 5.74) is 3.64. The lowest BCUT2D eigenvalue weighted by molar-refractivity contribution is -0.146. The molecule has 2 amide bonds. The van der Waals surface area contributed by atoms with Crippen molar-refractivity contribution in [1.82, 2.24) is 25.0 Å². The predicted molar refractivity (Wildman–Crippen MR) is 246 cm³/mol. The molecular formula is C43H61Cl2N5O14S2. The minimum absolute atomic E-state index is 0.00125. The number of carbonyl (C=O) groups is 2. The molecule has 1 aliphatic rings. The van der Waals surface area contributed by atoms with Gasteiger partial charge in [-0.3, -0.25) is 9.59 Å². The second-order valence-electron chi connectivity index (χ2n) is 15.0. The number of hydrogen-bond acceptors (Lipinski definition) is 15. The van der Waals surface area contributed by atoms with Crippen molar-refractivity contribution in [2.75, 3.05) is 119 Å². The van der Waals surface area contributed by atoms with E-state index in [1.165, 1.54) is 6.07 Å². The molecule has 3 aromatic carbocycles. The molecule has 3 atom stereocenters. The Bertz CT molecular complexity index is 2210. The Morgan fingerprint density at radius 2 is 1.09 bits per heavy atom. The number of benzene rings is 3. The van der Waals surface area contributed by atoms with Gasteiger partial charge in [0.2, 0.25) is 20.0 Å². The Balaban J connectivity index is 0.936. The fourth-order valence-corrected chi connectivity index (χ4v) is 9.30. The summed E-state index contributed by atoms with van der Waals surface area (Å²) in [6.07, 6.45) is -4.01. The average Bonchev–Trinajstić information content (AvgIpc) is 3.28. The van der Waals surface area contributed by atoms with Gasteiger partial charge in [-0.2, -0.15) is 0 Å². The van der Waals surface area contributed by atoms with Crippen LogP contribution in [0.5, 0.6) is 0 Å². The topological polar surface area (TPSA) is 250 Å². The highest BCUT2D eigenvalue weighted by atomic mass is 35.5. The summed E-state index contributed by atoms with van der Waals surface area (Å²) in [7, 11) is -5.43. The Kier molecular flexibility index (Phi) is 24.1. The molecule has 23 heteroatoms. The smallest absolute Gasteiger partial charge is 0.252 e. The van der Waals surface area contributed by atoms with Crippen molar-refractivity contribution in [2.45, 2.75) is 41.4 Å². The lowest BCUT2D eigenvalue weighted by Crippen LogP contribution is -2.50. The number of nitrogens with one attached hydrogen (secondary N) is 4. The normalized spacial score (nSPS) is 15.3. The standard InChI is InChI=1S/C43H61Cl2N5O14S2/c1-31-5-3-7-34(25-31)65(55,56)48-11-15-61-19-23-63-21-17-59-13-9-46-42(53)40(51)41(52)43(54)47-10-14-60-18-22-64-24-20-62-16-12-49-66(57,58)35-8-4-6-32(26-35)37-29-50(2)30-38-36(37)27-33(44)28-39(38)45/h3-8,25-28,37,40-41,48-49,51-52H,9-24,29-30H2,1-2H3,(H,46,53)(H,47,54)/t37-,40-,41-/m0/s1. The monoisotopic (exact) mass is 1010 g/mol. The lowest BCUT2D eigenvalue weighted by Gasteiger charge is -2.33. The maximum absolute atomic E-state index is 13.1. The predicted octanol–water partition coefficient (Wildman–Crippen LogP) is 1.19. The van der Waals surface area contributed by atoms with Crippen LogP contribution in [0.25, 0.3) is 0 Å². The Morgan fingerprint density at radius 1 is 0.652 bits per heavy atom. The number of rotatable bonds is 32. The van der Waals surface area contributed by atoms with Crippen LogP contribution in [0, 0.1) is 6.92 Å². The van der Waals surface area contributed by atoms with E-state index in [2.05, 4.69) is 25.0 Å². The van der Waals surface area contributed by atoms with Gasteiger partial charge in [0.1, 0.15) is 0 Å². The van der Waals surface area contributed by atoms with Crippen LogP contribution < -0.4 is 20.1 Å². The summed E-state index contributed by atoms with van der Waals surface area (Å²) in [5.74, 6) is -2.02. The molecule has 0 aliphatic carbocycles. The van der Waals surface area contributed by atoms with E-state index in [9.17, 15) is 36.6 Å². The van der Waals surface area contributed by atoms with Gasteiger partial charge in [0.25, 0.3) is 11.8 Å². The van der Waals surface area contributed by atoms with Gasteiger partial charge in [0.15, 0.2) is 12.2 Å². The van der Waals surface area contributed by atoms with Gasteiger partial charge in [-0.1, -0.05) is 47.5 Å². The number of carbonyl (C=O) groups excluding carboxylic acids is 2. The summed E-state index contributed by atoms with van der Waals surface area (Å²) in [6.45, 7) is 5.60. The first-order valence-electron chi connectivity index (χ1n) is 21.3. The number of aliphatic hydroxyl groups is 2. The van der Waals surface area contributed by atoms with Crippen LogP contribution in [0.2, 0.25) is 10.0 Å². The Morgan fingerprint density at radius 3 is 1.58 bits per heavy atom. The Labute approximate surface area is 396 Å². The number of fused-ring (bicyclic) bond motifs is 1. The quantitative estimate of drug-likeness (QED) is 0.0481. The zero-order chi connectivity index (χ0) is 48.0. The highest BCUT2D eigenvalue weighted by Gasteiger charge is 2.30. The van der Waals surface area contributed by atoms with Crippen molar-refractivity contribution in [1.29, 1.82) is 0 Å². The fraction of sp³-hybridized carbons (Fsp3) is 0.535. The molecule has 66 heavy (non-hydrogen) atoms. The maximum Gasteiger partial charge on any atom is 0.252 e. The van der Waals surface area contributed by atoms with Crippen LogP contribution >= 0.6 is 23.2 Å². The number of hydrogen-bond donors (Lipinski definition) is 6. The fourth-order valence-electron chi connectivity index (χ4n) is 6.55. The third-order valence-corrected chi connectivity index (χ3v) is 13.3.